The zero-order valence-electron chi connectivity index (χ0n) is 9.70. The molecule has 0 spiro atoms. The highest BCUT2D eigenvalue weighted by molar-refractivity contribution is 7.87. The van der Waals surface area contributed by atoms with E-state index in [-0.39, 0.29) is 6.08 Å². The number of nitrogens with zero attached hydrogens (tertiary/aromatic N) is 3. The van der Waals surface area contributed by atoms with Gasteiger partial charge in [-0.3, -0.25) is 34.9 Å². The van der Waals surface area contributed by atoms with Crippen molar-refractivity contribution in [2.45, 2.75) is 11.8 Å². The van der Waals surface area contributed by atoms with Crippen LogP contribution in [0.1, 0.15) is 6.92 Å². The highest BCUT2D eigenvalue weighted by Crippen LogP contribution is 2.38. The first-order chi connectivity index (χ1) is 8.95. The maximum absolute atomic E-state index is 11.3. The number of allylic oxidation sites excluding steroid dienone is 1. The predicted octanol–water partition coefficient (Wildman–Crippen LogP) is -0.182. The summed E-state index contributed by atoms with van der Waals surface area (Å²) in [6.45, 7) is 0.804. The van der Waals surface area contributed by atoms with Crippen molar-refractivity contribution in [3.8, 4) is 0 Å². The molecule has 1 aliphatic carbocycles. The van der Waals surface area contributed by atoms with Crippen LogP contribution in [0.15, 0.2) is 23.5 Å². The third kappa shape index (κ3) is 2.12. The molecule has 0 aromatic rings. The van der Waals surface area contributed by atoms with Crippen molar-refractivity contribution in [1.29, 1.82) is 0 Å². The third-order valence-corrected chi connectivity index (χ3v) is 4.28. The zero-order valence-corrected chi connectivity index (χ0v) is 10.5. The summed E-state index contributed by atoms with van der Waals surface area (Å²) >= 11 is 0. The van der Waals surface area contributed by atoms with Crippen molar-refractivity contribution in [1.82, 2.24) is 0 Å². The van der Waals surface area contributed by atoms with Crippen molar-refractivity contribution in [3.05, 3.63) is 53.9 Å². The van der Waals surface area contributed by atoms with E-state index >= 15 is 0 Å². The molecule has 0 aliphatic heterocycles. The number of hydrogen-bond acceptors (Lipinski definition) is 8. The van der Waals surface area contributed by atoms with Crippen molar-refractivity contribution < 1.29 is 27.7 Å². The Bertz CT molecular complexity index is 663. The molecule has 1 N–H and O–H groups in total. The van der Waals surface area contributed by atoms with Gasteiger partial charge in [-0.15, -0.1) is 0 Å². The molecule has 0 aromatic carbocycles. The molecular formula is C7H7N3O9S. The smallest absolute Gasteiger partial charge is 0.280 e. The number of hydrogen-bond donors (Lipinski definition) is 1. The average Bonchev–Trinajstić information content (AvgIpc) is 2.26. The molecule has 2 atom stereocenters. The van der Waals surface area contributed by atoms with Crippen LogP contribution in [0.25, 0.3) is 0 Å². The fourth-order valence-corrected chi connectivity index (χ4v) is 2.81. The lowest BCUT2D eigenvalue weighted by molar-refractivity contribution is -0.548. The van der Waals surface area contributed by atoms with Crippen LogP contribution in [0.4, 0.5) is 0 Å². The van der Waals surface area contributed by atoms with Gasteiger partial charge >= 0.3 is 15.0 Å². The van der Waals surface area contributed by atoms with Gasteiger partial charge in [0.2, 0.25) is 0 Å². The predicted molar refractivity (Wildman–Crippen MR) is 60.6 cm³/mol. The summed E-state index contributed by atoms with van der Waals surface area (Å²) in [6.07, 6.45) is 0.498. The van der Waals surface area contributed by atoms with Gasteiger partial charge in [0.1, 0.15) is 5.92 Å². The van der Waals surface area contributed by atoms with Gasteiger partial charge in [-0.2, -0.15) is 8.42 Å². The van der Waals surface area contributed by atoms with Crippen LogP contribution < -0.4 is 0 Å². The normalized spacial score (nSPS) is 26.4. The molecule has 0 fully saturated rings. The zero-order chi connectivity index (χ0) is 15.9. The Kier molecular flexibility index (Phi) is 3.60. The van der Waals surface area contributed by atoms with Crippen molar-refractivity contribution in [3.63, 3.8) is 0 Å². The maximum atomic E-state index is 11.3. The van der Waals surface area contributed by atoms with E-state index in [2.05, 4.69) is 0 Å². The van der Waals surface area contributed by atoms with Crippen molar-refractivity contribution in [2.24, 2.45) is 5.92 Å². The minimum absolute atomic E-state index is 0.0833. The molecule has 12 nitrogen and oxygen atoms in total. The van der Waals surface area contributed by atoms with Crippen molar-refractivity contribution in [2.75, 3.05) is 0 Å². The first-order valence-electron chi connectivity index (χ1n) is 4.80. The van der Waals surface area contributed by atoms with Gasteiger partial charge in [-0.05, 0) is 6.92 Å². The lowest BCUT2D eigenvalue weighted by atomic mass is 9.92. The molecule has 0 saturated carbocycles. The van der Waals surface area contributed by atoms with Gasteiger partial charge < -0.3 is 0 Å². The summed E-state index contributed by atoms with van der Waals surface area (Å²) in [5.41, 5.74) is -2.22. The highest BCUT2D eigenvalue weighted by atomic mass is 32.2. The van der Waals surface area contributed by atoms with Gasteiger partial charge in [0.25, 0.3) is 11.4 Å². The number of nitro groups is 3. The standard InChI is InChI=1S/C7H7N3O9S/c1-4-6(9(13)14)2-5(8(11)12)3-7(4,10(15)16)20(17,18)19/h2-4H,1H3,(H,17,18,19). The Balaban J connectivity index is 3.78. The van der Waals surface area contributed by atoms with Crippen LogP contribution in [0.2, 0.25) is 0 Å². The van der Waals surface area contributed by atoms with Crippen LogP contribution >= 0.6 is 0 Å². The molecule has 0 aromatic heterocycles. The van der Waals surface area contributed by atoms with Gasteiger partial charge in [0.05, 0.1) is 26.9 Å². The van der Waals surface area contributed by atoms with E-state index in [1.165, 1.54) is 0 Å². The van der Waals surface area contributed by atoms with E-state index in [9.17, 15) is 38.8 Å². The number of rotatable bonds is 4. The molecule has 0 heterocycles. The Labute approximate surface area is 110 Å². The lowest BCUT2D eigenvalue weighted by Gasteiger charge is -2.24. The summed E-state index contributed by atoms with van der Waals surface area (Å²) < 4.78 is 31.6. The largest absolute Gasteiger partial charge is 0.380 e. The van der Waals surface area contributed by atoms with E-state index in [1.54, 1.807) is 0 Å². The van der Waals surface area contributed by atoms with E-state index in [4.69, 9.17) is 4.55 Å². The molecule has 1 aliphatic rings. The van der Waals surface area contributed by atoms with Crippen molar-refractivity contribution >= 4 is 10.1 Å². The molecule has 0 amide bonds. The molecule has 13 heteroatoms. The highest BCUT2D eigenvalue weighted by Gasteiger charge is 2.65. The molecule has 0 saturated heterocycles. The summed E-state index contributed by atoms with van der Waals surface area (Å²) in [6, 6.07) is 0. The van der Waals surface area contributed by atoms with E-state index in [0.29, 0.717) is 6.08 Å². The Morgan fingerprint density at radius 1 is 1.20 bits per heavy atom. The molecule has 0 radical (unpaired) electrons. The minimum Gasteiger partial charge on any atom is -0.280 e. The van der Waals surface area contributed by atoms with E-state index in [1.807, 2.05) is 0 Å². The van der Waals surface area contributed by atoms with Crippen LogP contribution in [0.3, 0.4) is 0 Å². The fraction of sp³-hybridized carbons (Fsp3) is 0.429. The topological polar surface area (TPSA) is 184 Å². The van der Waals surface area contributed by atoms with Crippen LogP contribution in [-0.4, -0.2) is 32.6 Å². The molecule has 0 bridgehead atoms. The van der Waals surface area contributed by atoms with Gasteiger partial charge in [-0.25, -0.2) is 0 Å². The second-order valence-corrected chi connectivity index (χ2v) is 5.46. The van der Waals surface area contributed by atoms with Gasteiger partial charge in [0, 0.05) is 0 Å². The third-order valence-electron chi connectivity index (χ3n) is 2.83. The Morgan fingerprint density at radius 3 is 2.00 bits per heavy atom. The van der Waals surface area contributed by atoms with E-state index < -0.39 is 47.1 Å². The quantitative estimate of drug-likeness (QED) is 0.417. The second-order valence-electron chi connectivity index (χ2n) is 3.86. The molecule has 2 unspecified atom stereocenters. The summed E-state index contributed by atoms with van der Waals surface area (Å²) in [7, 11) is -5.49. The molecule has 20 heavy (non-hydrogen) atoms. The SMILES string of the molecule is CC1C([N+](=O)[O-])=CC([N+](=O)[O-])=CC1([N+](=O)[O-])S(=O)(=O)O. The minimum atomic E-state index is -5.49. The van der Waals surface area contributed by atoms with Crippen LogP contribution in [0, 0.1) is 36.3 Å². The van der Waals surface area contributed by atoms with E-state index in [0.717, 1.165) is 6.92 Å². The summed E-state index contributed by atoms with van der Waals surface area (Å²) in [5.74, 6) is -1.92. The first-order valence-corrected chi connectivity index (χ1v) is 6.24. The summed E-state index contributed by atoms with van der Waals surface area (Å²) in [4.78, 5) is 25.1. The maximum Gasteiger partial charge on any atom is 0.380 e. The van der Waals surface area contributed by atoms with Crippen LogP contribution in [-0.2, 0) is 10.1 Å². The molecular weight excluding hydrogens is 302 g/mol. The molecule has 110 valence electrons. The van der Waals surface area contributed by atoms with Crippen LogP contribution in [0.5, 0.6) is 0 Å². The van der Waals surface area contributed by atoms with Gasteiger partial charge in [0.15, 0.2) is 0 Å². The Morgan fingerprint density at radius 2 is 1.70 bits per heavy atom. The Hall–Kier alpha value is -2.41. The summed E-state index contributed by atoms with van der Waals surface area (Å²) in [5, 5.41) is 32.4. The fourth-order valence-electron chi connectivity index (χ4n) is 1.79. The monoisotopic (exact) mass is 309 g/mol. The van der Waals surface area contributed by atoms with Gasteiger partial charge in [-0.1, -0.05) is 0 Å². The lowest BCUT2D eigenvalue weighted by Crippen LogP contribution is -2.52. The second kappa shape index (κ2) is 4.61. The first kappa shape index (κ1) is 15.6. The molecule has 1 rings (SSSR count). The average molecular weight is 309 g/mol.